The maximum absolute atomic E-state index is 12.1. The first-order valence-corrected chi connectivity index (χ1v) is 7.73. The SMILES string of the molecule is Cc1nc(-c2ccc(C)c(-c3nc4ccccn4c3C(N)=O)c2)no1. The zero-order valence-electron chi connectivity index (χ0n) is 13.7. The molecule has 1 amide bonds. The number of hydrogen-bond donors (Lipinski definition) is 1. The molecule has 0 atom stereocenters. The van der Waals surface area contributed by atoms with Gasteiger partial charge in [0.15, 0.2) is 0 Å². The summed E-state index contributed by atoms with van der Waals surface area (Å²) in [5, 5.41) is 3.95. The number of carbonyl (C=O) groups is 1. The van der Waals surface area contributed by atoms with Crippen molar-refractivity contribution in [3.63, 3.8) is 0 Å². The number of aryl methyl sites for hydroxylation is 2. The van der Waals surface area contributed by atoms with E-state index in [4.69, 9.17) is 10.3 Å². The molecule has 4 rings (SSSR count). The van der Waals surface area contributed by atoms with E-state index in [1.54, 1.807) is 17.5 Å². The Bertz CT molecular complexity index is 1110. The molecule has 2 N–H and O–H groups in total. The van der Waals surface area contributed by atoms with Gasteiger partial charge in [-0.15, -0.1) is 0 Å². The summed E-state index contributed by atoms with van der Waals surface area (Å²) < 4.78 is 6.75. The van der Waals surface area contributed by atoms with Crippen LogP contribution in [0, 0.1) is 13.8 Å². The fraction of sp³-hybridized carbons (Fsp3) is 0.111. The van der Waals surface area contributed by atoms with E-state index in [9.17, 15) is 4.79 Å². The summed E-state index contributed by atoms with van der Waals surface area (Å²) in [6.45, 7) is 3.69. The topological polar surface area (TPSA) is 99.3 Å². The third-order valence-corrected chi connectivity index (χ3v) is 4.04. The van der Waals surface area contributed by atoms with Crippen LogP contribution in [0.25, 0.3) is 28.3 Å². The molecule has 1 aromatic carbocycles. The Kier molecular flexibility index (Phi) is 3.35. The van der Waals surface area contributed by atoms with Gasteiger partial charge in [-0.2, -0.15) is 4.98 Å². The molecule has 3 aromatic heterocycles. The molecule has 0 aliphatic rings. The van der Waals surface area contributed by atoms with Gasteiger partial charge in [0.1, 0.15) is 17.0 Å². The highest BCUT2D eigenvalue weighted by Gasteiger charge is 2.20. The second-order valence-electron chi connectivity index (χ2n) is 5.77. The summed E-state index contributed by atoms with van der Waals surface area (Å²) >= 11 is 0. The number of rotatable bonds is 3. The molecule has 124 valence electrons. The van der Waals surface area contributed by atoms with Gasteiger partial charge in [0.05, 0.1) is 0 Å². The molecule has 0 unspecified atom stereocenters. The van der Waals surface area contributed by atoms with Crippen LogP contribution in [-0.2, 0) is 0 Å². The van der Waals surface area contributed by atoms with Gasteiger partial charge < -0.3 is 10.3 Å². The van der Waals surface area contributed by atoms with Crippen LogP contribution in [0.3, 0.4) is 0 Å². The van der Waals surface area contributed by atoms with Crippen LogP contribution in [0.5, 0.6) is 0 Å². The predicted molar refractivity (Wildman–Crippen MR) is 91.9 cm³/mol. The van der Waals surface area contributed by atoms with Crippen molar-refractivity contribution in [1.82, 2.24) is 19.5 Å². The minimum absolute atomic E-state index is 0.347. The normalized spacial score (nSPS) is 11.1. The molecule has 0 aliphatic carbocycles. The highest BCUT2D eigenvalue weighted by atomic mass is 16.5. The minimum atomic E-state index is -0.533. The van der Waals surface area contributed by atoms with Crippen LogP contribution in [0.4, 0.5) is 0 Å². The lowest BCUT2D eigenvalue weighted by Crippen LogP contribution is -2.15. The summed E-state index contributed by atoms with van der Waals surface area (Å²) in [7, 11) is 0. The van der Waals surface area contributed by atoms with Crippen LogP contribution >= 0.6 is 0 Å². The summed E-state index contributed by atoms with van der Waals surface area (Å²) in [6, 6.07) is 11.3. The molecular weight excluding hydrogens is 318 g/mol. The van der Waals surface area contributed by atoms with Gasteiger partial charge in [0.25, 0.3) is 5.91 Å². The molecule has 0 spiro atoms. The zero-order valence-corrected chi connectivity index (χ0v) is 13.7. The molecule has 0 bridgehead atoms. The smallest absolute Gasteiger partial charge is 0.268 e. The largest absolute Gasteiger partial charge is 0.364 e. The average Bonchev–Trinajstić information content (AvgIpc) is 3.18. The van der Waals surface area contributed by atoms with E-state index < -0.39 is 5.91 Å². The van der Waals surface area contributed by atoms with E-state index in [1.165, 1.54) is 0 Å². The zero-order chi connectivity index (χ0) is 17.6. The second kappa shape index (κ2) is 5.55. The predicted octanol–water partition coefficient (Wildman–Crippen LogP) is 2.77. The molecule has 0 aliphatic heterocycles. The van der Waals surface area contributed by atoms with Crippen molar-refractivity contribution >= 4 is 11.6 Å². The highest BCUT2D eigenvalue weighted by Crippen LogP contribution is 2.30. The summed E-state index contributed by atoms with van der Waals surface area (Å²) in [5.74, 6) is 0.444. The molecule has 4 aromatic rings. The fourth-order valence-corrected chi connectivity index (χ4v) is 2.85. The van der Waals surface area contributed by atoms with Crippen molar-refractivity contribution in [1.29, 1.82) is 0 Å². The van der Waals surface area contributed by atoms with Crippen LogP contribution in [0.2, 0.25) is 0 Å². The molecule has 0 saturated heterocycles. The van der Waals surface area contributed by atoms with Gasteiger partial charge in [0, 0.05) is 24.2 Å². The number of nitrogens with two attached hydrogens (primary N) is 1. The Morgan fingerprint density at radius 2 is 2.00 bits per heavy atom. The lowest BCUT2D eigenvalue weighted by Gasteiger charge is -2.07. The Hall–Kier alpha value is -3.48. The van der Waals surface area contributed by atoms with Crippen molar-refractivity contribution in [3.8, 4) is 22.6 Å². The van der Waals surface area contributed by atoms with Crippen LogP contribution in [-0.4, -0.2) is 25.4 Å². The molecule has 7 nitrogen and oxygen atoms in total. The summed E-state index contributed by atoms with van der Waals surface area (Å²) in [5.41, 5.74) is 9.72. The highest BCUT2D eigenvalue weighted by molar-refractivity contribution is 5.99. The number of benzene rings is 1. The third kappa shape index (κ3) is 2.46. The number of pyridine rings is 1. The monoisotopic (exact) mass is 333 g/mol. The van der Waals surface area contributed by atoms with Gasteiger partial charge >= 0.3 is 0 Å². The maximum atomic E-state index is 12.1. The standard InChI is InChI=1S/C18H15N5O2/c1-10-6-7-12(18-20-11(2)25-22-18)9-13(10)15-16(17(19)24)23-8-4-3-5-14(23)21-15/h3-9H,1-2H3,(H2,19,24). The summed E-state index contributed by atoms with van der Waals surface area (Å²) in [4.78, 5) is 20.9. The number of nitrogens with zero attached hydrogens (tertiary/aromatic N) is 4. The number of primary amides is 1. The Morgan fingerprint density at radius 1 is 1.16 bits per heavy atom. The van der Waals surface area contributed by atoms with E-state index >= 15 is 0 Å². The molecule has 0 radical (unpaired) electrons. The van der Waals surface area contributed by atoms with E-state index in [0.717, 1.165) is 16.7 Å². The molecule has 7 heteroatoms. The minimum Gasteiger partial charge on any atom is -0.364 e. The van der Waals surface area contributed by atoms with E-state index in [1.807, 2.05) is 43.3 Å². The molecular formula is C18H15N5O2. The Balaban J connectivity index is 1.97. The lowest BCUT2D eigenvalue weighted by molar-refractivity contribution is 0.0995. The molecule has 0 saturated carbocycles. The number of imidazole rings is 1. The van der Waals surface area contributed by atoms with Crippen molar-refractivity contribution < 1.29 is 9.32 Å². The van der Waals surface area contributed by atoms with Crippen molar-refractivity contribution in [3.05, 3.63) is 59.7 Å². The molecule has 0 fully saturated rings. The van der Waals surface area contributed by atoms with E-state index in [-0.39, 0.29) is 0 Å². The molecule has 3 heterocycles. The third-order valence-electron chi connectivity index (χ3n) is 4.04. The number of amides is 1. The van der Waals surface area contributed by atoms with Gasteiger partial charge in [0.2, 0.25) is 11.7 Å². The fourth-order valence-electron chi connectivity index (χ4n) is 2.85. The summed E-state index contributed by atoms with van der Waals surface area (Å²) in [6.07, 6.45) is 1.77. The van der Waals surface area contributed by atoms with Crippen LogP contribution < -0.4 is 5.73 Å². The van der Waals surface area contributed by atoms with Crippen molar-refractivity contribution in [2.75, 3.05) is 0 Å². The van der Waals surface area contributed by atoms with E-state index in [2.05, 4.69) is 15.1 Å². The number of carbonyl (C=O) groups excluding carboxylic acids is 1. The first-order chi connectivity index (χ1) is 12.0. The first-order valence-electron chi connectivity index (χ1n) is 7.73. The maximum Gasteiger partial charge on any atom is 0.268 e. The lowest BCUT2D eigenvalue weighted by atomic mass is 10.0. The van der Waals surface area contributed by atoms with Crippen molar-refractivity contribution in [2.24, 2.45) is 5.73 Å². The molecule has 25 heavy (non-hydrogen) atoms. The van der Waals surface area contributed by atoms with Gasteiger partial charge in [-0.1, -0.05) is 23.4 Å². The van der Waals surface area contributed by atoms with Crippen LogP contribution in [0.15, 0.2) is 47.1 Å². The number of fused-ring (bicyclic) bond motifs is 1. The Morgan fingerprint density at radius 3 is 2.72 bits per heavy atom. The second-order valence-corrected chi connectivity index (χ2v) is 5.77. The number of aromatic nitrogens is 4. The average molecular weight is 333 g/mol. The van der Waals surface area contributed by atoms with Gasteiger partial charge in [-0.3, -0.25) is 9.20 Å². The van der Waals surface area contributed by atoms with Crippen LogP contribution in [0.1, 0.15) is 21.9 Å². The first kappa shape index (κ1) is 15.1. The van der Waals surface area contributed by atoms with Gasteiger partial charge in [-0.05, 0) is 30.7 Å². The van der Waals surface area contributed by atoms with E-state index in [0.29, 0.717) is 28.8 Å². The Labute approximate surface area is 143 Å². The quantitative estimate of drug-likeness (QED) is 0.621. The van der Waals surface area contributed by atoms with Gasteiger partial charge in [-0.25, -0.2) is 4.98 Å². The van der Waals surface area contributed by atoms with Crippen molar-refractivity contribution in [2.45, 2.75) is 13.8 Å². The number of hydrogen-bond acceptors (Lipinski definition) is 5.